The van der Waals surface area contributed by atoms with Crippen molar-refractivity contribution >= 4 is 33.3 Å². The summed E-state index contributed by atoms with van der Waals surface area (Å²) in [6, 6.07) is 0. The van der Waals surface area contributed by atoms with Crippen LogP contribution in [-0.4, -0.2) is 59.5 Å². The van der Waals surface area contributed by atoms with Crippen LogP contribution in [0.4, 0.5) is 5.82 Å². The van der Waals surface area contributed by atoms with Gasteiger partial charge in [0.1, 0.15) is 17.0 Å². The monoisotopic (exact) mass is 359 g/mol. The predicted octanol–water partition coefficient (Wildman–Crippen LogP) is 2.10. The van der Waals surface area contributed by atoms with Crippen molar-refractivity contribution in [3.05, 3.63) is 16.8 Å². The van der Waals surface area contributed by atoms with E-state index in [-0.39, 0.29) is 11.4 Å². The number of carbonyl (C=O) groups is 1. The molecule has 6 nitrogen and oxygen atoms in total. The molecule has 0 aromatic carbocycles. The van der Waals surface area contributed by atoms with Gasteiger partial charge in [-0.2, -0.15) is 0 Å². The Balaban J connectivity index is 1.71. The SMILES string of the molecule is Cc1sc2ncnc(N3CCN(C)[C@]4(CCNC(=O)CC4)C3)c2c1C. The number of aryl methyl sites for hydroxylation is 2. The quantitative estimate of drug-likeness (QED) is 0.845. The zero-order chi connectivity index (χ0) is 17.6. The van der Waals surface area contributed by atoms with Crippen molar-refractivity contribution in [2.75, 3.05) is 38.1 Å². The fourth-order valence-corrected chi connectivity index (χ4v) is 5.17. The highest BCUT2D eigenvalue weighted by molar-refractivity contribution is 7.18. The molecule has 2 aliphatic heterocycles. The summed E-state index contributed by atoms with van der Waals surface area (Å²) >= 11 is 1.75. The summed E-state index contributed by atoms with van der Waals surface area (Å²) in [4.78, 5) is 28.2. The summed E-state index contributed by atoms with van der Waals surface area (Å²) < 4.78 is 0. The fourth-order valence-electron chi connectivity index (χ4n) is 4.18. The second-order valence-corrected chi connectivity index (χ2v) is 8.53. The molecule has 7 heteroatoms. The van der Waals surface area contributed by atoms with E-state index in [1.807, 2.05) is 0 Å². The lowest BCUT2D eigenvalue weighted by Crippen LogP contribution is -2.61. The number of rotatable bonds is 1. The maximum Gasteiger partial charge on any atom is 0.220 e. The van der Waals surface area contributed by atoms with Gasteiger partial charge in [-0.3, -0.25) is 9.69 Å². The largest absolute Gasteiger partial charge is 0.356 e. The molecule has 2 aliphatic rings. The summed E-state index contributed by atoms with van der Waals surface area (Å²) in [5.74, 6) is 1.24. The maximum atomic E-state index is 11.8. The van der Waals surface area contributed by atoms with Gasteiger partial charge >= 0.3 is 0 Å². The van der Waals surface area contributed by atoms with Crippen LogP contribution in [0.1, 0.15) is 29.7 Å². The van der Waals surface area contributed by atoms with E-state index in [1.54, 1.807) is 17.7 Å². The molecule has 2 aromatic heterocycles. The van der Waals surface area contributed by atoms with Gasteiger partial charge in [-0.1, -0.05) is 0 Å². The molecule has 0 unspecified atom stereocenters. The summed E-state index contributed by atoms with van der Waals surface area (Å²) in [6.07, 6.45) is 4.19. The average Bonchev–Trinajstić information content (AvgIpc) is 2.77. The van der Waals surface area contributed by atoms with Crippen molar-refractivity contribution in [3.63, 3.8) is 0 Å². The van der Waals surface area contributed by atoms with E-state index >= 15 is 0 Å². The molecule has 2 aromatic rings. The molecule has 1 N–H and O–H groups in total. The molecule has 1 atom stereocenters. The molecule has 1 amide bonds. The van der Waals surface area contributed by atoms with Crippen LogP contribution in [0, 0.1) is 13.8 Å². The lowest BCUT2D eigenvalue weighted by molar-refractivity contribution is -0.120. The molecule has 1 spiro atoms. The standard InChI is InChI=1S/C18H25N5OS/c1-12-13(2)25-17-15(12)16(20-11-21-17)23-9-8-22(3)18(10-23)5-4-14(24)19-7-6-18/h11H,4-10H2,1-3H3,(H,19,24)/t18-/m1/s1. The van der Waals surface area contributed by atoms with E-state index in [4.69, 9.17) is 0 Å². The number of piperazine rings is 1. The Bertz CT molecular complexity index is 819. The summed E-state index contributed by atoms with van der Waals surface area (Å²) in [7, 11) is 2.20. The fraction of sp³-hybridized carbons (Fsp3) is 0.611. The van der Waals surface area contributed by atoms with E-state index in [1.165, 1.54) is 15.8 Å². The Morgan fingerprint density at radius 2 is 2.08 bits per heavy atom. The molecular formula is C18H25N5OS. The number of amides is 1. The third kappa shape index (κ3) is 2.79. The van der Waals surface area contributed by atoms with Crippen molar-refractivity contribution in [2.45, 2.75) is 38.6 Å². The number of nitrogens with one attached hydrogen (secondary N) is 1. The van der Waals surface area contributed by atoms with E-state index in [9.17, 15) is 4.79 Å². The first kappa shape index (κ1) is 16.7. The zero-order valence-corrected chi connectivity index (χ0v) is 15.9. The number of nitrogens with zero attached hydrogens (tertiary/aromatic N) is 4. The van der Waals surface area contributed by atoms with E-state index in [0.717, 1.165) is 49.7 Å². The van der Waals surface area contributed by atoms with Crippen molar-refractivity contribution in [1.82, 2.24) is 20.2 Å². The zero-order valence-electron chi connectivity index (χ0n) is 15.1. The van der Waals surface area contributed by atoms with Crippen LogP contribution < -0.4 is 10.2 Å². The lowest BCUT2D eigenvalue weighted by atomic mass is 9.86. The van der Waals surface area contributed by atoms with Gasteiger partial charge in [-0.15, -0.1) is 11.3 Å². The normalized spacial score (nSPS) is 25.4. The molecule has 0 bridgehead atoms. The first-order chi connectivity index (χ1) is 12.0. The molecule has 134 valence electrons. The van der Waals surface area contributed by atoms with Gasteiger partial charge in [0.25, 0.3) is 0 Å². The molecule has 4 heterocycles. The minimum absolute atomic E-state index is 0.0354. The summed E-state index contributed by atoms with van der Waals surface area (Å²) in [6.45, 7) is 7.94. The first-order valence-electron chi connectivity index (χ1n) is 8.94. The first-order valence-corrected chi connectivity index (χ1v) is 9.75. The Morgan fingerprint density at radius 3 is 2.92 bits per heavy atom. The van der Waals surface area contributed by atoms with Crippen molar-refractivity contribution in [1.29, 1.82) is 0 Å². The van der Waals surface area contributed by atoms with Crippen LogP contribution in [0.2, 0.25) is 0 Å². The van der Waals surface area contributed by atoms with Gasteiger partial charge in [0.2, 0.25) is 5.91 Å². The average molecular weight is 359 g/mol. The Labute approximate surface area is 152 Å². The van der Waals surface area contributed by atoms with Crippen LogP contribution in [0.25, 0.3) is 10.2 Å². The second kappa shape index (κ2) is 6.21. The van der Waals surface area contributed by atoms with Crippen molar-refractivity contribution < 1.29 is 4.79 Å². The van der Waals surface area contributed by atoms with Gasteiger partial charge < -0.3 is 10.2 Å². The lowest BCUT2D eigenvalue weighted by Gasteiger charge is -2.49. The minimum Gasteiger partial charge on any atom is -0.356 e. The van der Waals surface area contributed by atoms with Gasteiger partial charge in [0.05, 0.1) is 5.39 Å². The molecule has 0 aliphatic carbocycles. The number of fused-ring (bicyclic) bond motifs is 1. The van der Waals surface area contributed by atoms with Crippen LogP contribution in [0.15, 0.2) is 6.33 Å². The Hall–Kier alpha value is -1.73. The van der Waals surface area contributed by atoms with Crippen LogP contribution in [0.5, 0.6) is 0 Å². The van der Waals surface area contributed by atoms with Crippen LogP contribution >= 0.6 is 11.3 Å². The third-order valence-electron chi connectivity index (χ3n) is 5.98. The Kier molecular flexibility index (Phi) is 4.16. The van der Waals surface area contributed by atoms with Gasteiger partial charge in [0.15, 0.2) is 0 Å². The van der Waals surface area contributed by atoms with Crippen LogP contribution in [0.3, 0.4) is 0 Å². The van der Waals surface area contributed by atoms with Crippen LogP contribution in [-0.2, 0) is 4.79 Å². The molecule has 2 fully saturated rings. The minimum atomic E-state index is 0.0354. The maximum absolute atomic E-state index is 11.8. The molecule has 2 saturated heterocycles. The molecule has 4 rings (SSSR count). The molecule has 25 heavy (non-hydrogen) atoms. The summed E-state index contributed by atoms with van der Waals surface area (Å²) in [5.41, 5.74) is 1.33. The highest BCUT2D eigenvalue weighted by Gasteiger charge is 2.41. The summed E-state index contributed by atoms with van der Waals surface area (Å²) in [5, 5.41) is 4.23. The van der Waals surface area contributed by atoms with Gasteiger partial charge in [-0.25, -0.2) is 9.97 Å². The predicted molar refractivity (Wildman–Crippen MR) is 101 cm³/mol. The number of likely N-dealkylation sites (N-methyl/N-ethyl adjacent to an activating group) is 1. The number of hydrogen-bond donors (Lipinski definition) is 1. The molecule has 0 saturated carbocycles. The highest BCUT2D eigenvalue weighted by Crippen LogP contribution is 2.37. The number of carbonyl (C=O) groups excluding carboxylic acids is 1. The third-order valence-corrected chi connectivity index (χ3v) is 7.09. The molecular weight excluding hydrogens is 334 g/mol. The topological polar surface area (TPSA) is 61.4 Å². The smallest absolute Gasteiger partial charge is 0.220 e. The van der Waals surface area contributed by atoms with E-state index < -0.39 is 0 Å². The number of anilines is 1. The van der Waals surface area contributed by atoms with Crippen molar-refractivity contribution in [2.24, 2.45) is 0 Å². The van der Waals surface area contributed by atoms with Gasteiger partial charge in [0, 0.05) is 43.0 Å². The number of hydrogen-bond acceptors (Lipinski definition) is 6. The number of aromatic nitrogens is 2. The van der Waals surface area contributed by atoms with E-state index in [0.29, 0.717) is 6.42 Å². The highest BCUT2D eigenvalue weighted by atomic mass is 32.1. The van der Waals surface area contributed by atoms with Crippen molar-refractivity contribution in [3.8, 4) is 0 Å². The van der Waals surface area contributed by atoms with Gasteiger partial charge in [-0.05, 0) is 39.3 Å². The van der Waals surface area contributed by atoms with E-state index in [2.05, 4.69) is 46.0 Å². The second-order valence-electron chi connectivity index (χ2n) is 7.33. The molecule has 0 radical (unpaired) electrons. The number of thiophene rings is 1. The Morgan fingerprint density at radius 1 is 1.24 bits per heavy atom.